The summed E-state index contributed by atoms with van der Waals surface area (Å²) in [4.78, 5) is 16.0. The molecule has 6 nitrogen and oxygen atoms in total. The van der Waals surface area contributed by atoms with Crippen molar-refractivity contribution >= 4 is 17.5 Å². The second kappa shape index (κ2) is 5.79. The van der Waals surface area contributed by atoms with Crippen molar-refractivity contribution in [2.24, 2.45) is 0 Å². The zero-order valence-electron chi connectivity index (χ0n) is 10.7. The van der Waals surface area contributed by atoms with Gasteiger partial charge in [-0.1, -0.05) is 11.6 Å². The largest absolute Gasteiger partial charge is 0.345 e. The van der Waals surface area contributed by atoms with Crippen molar-refractivity contribution in [2.45, 2.75) is 26.9 Å². The highest BCUT2D eigenvalue weighted by Gasteiger charge is 2.09. The molecule has 0 aliphatic carbocycles. The van der Waals surface area contributed by atoms with Gasteiger partial charge in [0.15, 0.2) is 5.82 Å². The number of nitrogens with zero attached hydrogens (tertiary/aromatic N) is 4. The molecule has 2 heterocycles. The monoisotopic (exact) mass is 279 g/mol. The number of carbonyl (C=O) groups is 1. The van der Waals surface area contributed by atoms with E-state index < -0.39 is 0 Å². The topological polar surface area (TPSA) is 72.7 Å². The number of hydrogen-bond acceptors (Lipinski definition) is 4. The van der Waals surface area contributed by atoms with Crippen LogP contribution in [0.5, 0.6) is 0 Å². The summed E-state index contributed by atoms with van der Waals surface area (Å²) < 4.78 is 1.87. The summed E-state index contributed by atoms with van der Waals surface area (Å²) in [6.45, 7) is 4.86. The summed E-state index contributed by atoms with van der Waals surface area (Å²) in [5, 5.41) is 10.8. The smallest absolute Gasteiger partial charge is 0.251 e. The molecule has 0 aliphatic heterocycles. The van der Waals surface area contributed by atoms with Gasteiger partial charge in [-0.15, -0.1) is 10.2 Å². The average molecular weight is 280 g/mol. The Hall–Kier alpha value is -1.95. The van der Waals surface area contributed by atoms with E-state index in [2.05, 4.69) is 20.5 Å². The fourth-order valence-electron chi connectivity index (χ4n) is 1.70. The maximum atomic E-state index is 12.0. The van der Waals surface area contributed by atoms with Gasteiger partial charge in [0.1, 0.15) is 11.5 Å². The molecule has 19 heavy (non-hydrogen) atoms. The van der Waals surface area contributed by atoms with Crippen LogP contribution in [0.3, 0.4) is 0 Å². The number of nitrogens with one attached hydrogen (secondary N) is 1. The first-order valence-electron chi connectivity index (χ1n) is 5.89. The lowest BCUT2D eigenvalue weighted by atomic mass is 10.2. The van der Waals surface area contributed by atoms with Gasteiger partial charge in [-0.3, -0.25) is 4.79 Å². The summed E-state index contributed by atoms with van der Waals surface area (Å²) in [7, 11) is 0. The fraction of sp³-hybridized carbons (Fsp3) is 0.333. The molecule has 0 spiro atoms. The van der Waals surface area contributed by atoms with Crippen molar-refractivity contribution in [2.75, 3.05) is 0 Å². The number of halogens is 1. The van der Waals surface area contributed by atoms with Crippen molar-refractivity contribution in [1.29, 1.82) is 0 Å². The molecule has 2 rings (SSSR count). The van der Waals surface area contributed by atoms with Gasteiger partial charge < -0.3 is 9.88 Å². The average Bonchev–Trinajstić information content (AvgIpc) is 2.82. The maximum absolute atomic E-state index is 12.0. The molecule has 0 bridgehead atoms. The molecular weight excluding hydrogens is 266 g/mol. The Kier molecular flexibility index (Phi) is 4.11. The van der Waals surface area contributed by atoms with E-state index in [1.807, 2.05) is 11.5 Å². The Morgan fingerprint density at radius 3 is 2.95 bits per heavy atom. The van der Waals surface area contributed by atoms with E-state index in [1.165, 1.54) is 6.07 Å². The van der Waals surface area contributed by atoms with Crippen molar-refractivity contribution in [3.63, 3.8) is 0 Å². The van der Waals surface area contributed by atoms with E-state index >= 15 is 0 Å². The minimum absolute atomic E-state index is 0.210. The maximum Gasteiger partial charge on any atom is 0.251 e. The summed E-state index contributed by atoms with van der Waals surface area (Å²) in [5.74, 6) is 0.505. The third-order valence-corrected chi connectivity index (χ3v) is 2.82. The molecule has 0 aliphatic rings. The summed E-state index contributed by atoms with van der Waals surface area (Å²) in [6.07, 6.45) is 1.63. The predicted octanol–water partition coefficient (Wildman–Crippen LogP) is 1.58. The fourth-order valence-corrected chi connectivity index (χ4v) is 1.95. The molecular formula is C12H14ClN5O. The van der Waals surface area contributed by atoms with Gasteiger partial charge in [-0.25, -0.2) is 4.98 Å². The highest BCUT2D eigenvalue weighted by molar-refractivity contribution is 6.29. The van der Waals surface area contributed by atoms with Gasteiger partial charge in [0.05, 0.1) is 6.54 Å². The summed E-state index contributed by atoms with van der Waals surface area (Å²) in [6, 6.07) is 3.22. The Labute approximate surface area is 115 Å². The van der Waals surface area contributed by atoms with Crippen molar-refractivity contribution in [3.05, 3.63) is 40.7 Å². The second-order valence-corrected chi connectivity index (χ2v) is 4.42. The number of pyridine rings is 1. The van der Waals surface area contributed by atoms with Gasteiger partial charge in [-0.05, 0) is 26.0 Å². The molecule has 0 unspecified atom stereocenters. The summed E-state index contributed by atoms with van der Waals surface area (Å²) >= 11 is 5.82. The van der Waals surface area contributed by atoms with E-state index in [-0.39, 0.29) is 5.91 Å². The molecule has 0 saturated carbocycles. The molecule has 0 radical (unpaired) electrons. The molecule has 0 atom stereocenters. The van der Waals surface area contributed by atoms with Crippen LogP contribution in [-0.2, 0) is 13.1 Å². The Morgan fingerprint density at radius 2 is 2.26 bits per heavy atom. The highest BCUT2D eigenvalue weighted by Crippen LogP contribution is 2.10. The lowest BCUT2D eigenvalue weighted by Crippen LogP contribution is -2.24. The first-order valence-corrected chi connectivity index (χ1v) is 6.27. The van der Waals surface area contributed by atoms with Crippen LogP contribution in [0.25, 0.3) is 0 Å². The van der Waals surface area contributed by atoms with Crippen molar-refractivity contribution < 1.29 is 4.79 Å². The summed E-state index contributed by atoms with van der Waals surface area (Å²) in [5.41, 5.74) is 1.19. The van der Waals surface area contributed by atoms with E-state index in [0.29, 0.717) is 28.8 Å². The Balaban J connectivity index is 2.05. The number of carbonyl (C=O) groups excluding carboxylic acids is 1. The number of rotatable bonds is 4. The van der Waals surface area contributed by atoms with Gasteiger partial charge in [0, 0.05) is 17.8 Å². The second-order valence-electron chi connectivity index (χ2n) is 4.04. The normalized spacial score (nSPS) is 10.5. The van der Waals surface area contributed by atoms with Crippen LogP contribution < -0.4 is 5.32 Å². The van der Waals surface area contributed by atoms with Crippen LogP contribution in [0.15, 0.2) is 18.5 Å². The van der Waals surface area contributed by atoms with Crippen LogP contribution in [0.1, 0.15) is 28.8 Å². The molecule has 0 aromatic carbocycles. The number of aryl methyl sites for hydroxylation is 2. The van der Waals surface area contributed by atoms with Crippen LogP contribution >= 0.6 is 11.6 Å². The van der Waals surface area contributed by atoms with E-state index in [1.54, 1.807) is 19.3 Å². The molecule has 2 aromatic rings. The molecule has 1 amide bonds. The minimum atomic E-state index is -0.210. The molecule has 100 valence electrons. The Bertz CT molecular complexity index is 575. The van der Waals surface area contributed by atoms with Crippen LogP contribution in [0.2, 0.25) is 5.15 Å². The van der Waals surface area contributed by atoms with Gasteiger partial charge in [-0.2, -0.15) is 0 Å². The van der Waals surface area contributed by atoms with Gasteiger partial charge in [0.2, 0.25) is 0 Å². The van der Waals surface area contributed by atoms with E-state index in [4.69, 9.17) is 11.6 Å². The zero-order valence-corrected chi connectivity index (χ0v) is 11.5. The third-order valence-electron chi connectivity index (χ3n) is 2.63. The third kappa shape index (κ3) is 3.29. The Morgan fingerprint density at radius 1 is 1.47 bits per heavy atom. The highest BCUT2D eigenvalue weighted by atomic mass is 35.5. The first-order chi connectivity index (χ1) is 9.10. The molecule has 7 heteroatoms. The molecule has 0 saturated heterocycles. The van der Waals surface area contributed by atoms with E-state index in [0.717, 1.165) is 6.54 Å². The lowest BCUT2D eigenvalue weighted by molar-refractivity contribution is 0.0949. The number of amides is 1. The van der Waals surface area contributed by atoms with Crippen LogP contribution in [0.4, 0.5) is 0 Å². The molecule has 0 fully saturated rings. The van der Waals surface area contributed by atoms with Gasteiger partial charge in [0.25, 0.3) is 5.91 Å². The first kappa shape index (κ1) is 13.5. The standard InChI is InChI=1S/C12H14ClN5O/c1-3-18-7-15-17-11(18)6-14-12(19)9-4-8(2)16-10(13)5-9/h4-5,7H,3,6H2,1-2H3,(H,14,19). The minimum Gasteiger partial charge on any atom is -0.345 e. The molecule has 2 aromatic heterocycles. The van der Waals surface area contributed by atoms with E-state index in [9.17, 15) is 4.79 Å². The van der Waals surface area contributed by atoms with Crippen molar-refractivity contribution in [3.8, 4) is 0 Å². The van der Waals surface area contributed by atoms with Crippen LogP contribution in [-0.4, -0.2) is 25.7 Å². The number of hydrogen-bond donors (Lipinski definition) is 1. The molecule has 1 N–H and O–H groups in total. The van der Waals surface area contributed by atoms with Gasteiger partial charge >= 0.3 is 0 Å². The SMILES string of the molecule is CCn1cnnc1CNC(=O)c1cc(C)nc(Cl)c1. The predicted molar refractivity (Wildman–Crippen MR) is 70.9 cm³/mol. The van der Waals surface area contributed by atoms with Crippen molar-refractivity contribution in [1.82, 2.24) is 25.1 Å². The quantitative estimate of drug-likeness (QED) is 0.863. The zero-order chi connectivity index (χ0) is 13.8. The number of aromatic nitrogens is 4. The van der Waals surface area contributed by atoms with Crippen LogP contribution in [0, 0.1) is 6.92 Å². The lowest BCUT2D eigenvalue weighted by Gasteiger charge is -2.06.